The number of amides is 2. The molecule has 0 saturated heterocycles. The molecule has 0 aromatic heterocycles. The van der Waals surface area contributed by atoms with Gasteiger partial charge in [0.25, 0.3) is 5.91 Å². The second kappa shape index (κ2) is 7.99. The molecule has 2 aromatic rings. The summed E-state index contributed by atoms with van der Waals surface area (Å²) in [5.74, 6) is -0.436. The van der Waals surface area contributed by atoms with Crippen LogP contribution in [0.2, 0.25) is 10.0 Å². The Morgan fingerprint density at radius 3 is 2.48 bits per heavy atom. The van der Waals surface area contributed by atoms with Gasteiger partial charge in [0, 0.05) is 24.1 Å². The summed E-state index contributed by atoms with van der Waals surface area (Å²) in [6.07, 6.45) is 0.794. The molecule has 2 rings (SSSR count). The normalized spacial score (nSPS) is 10.2. The van der Waals surface area contributed by atoms with Gasteiger partial charge in [-0.1, -0.05) is 41.4 Å². The lowest BCUT2D eigenvalue weighted by Gasteiger charge is -2.09. The molecule has 0 aliphatic rings. The molecule has 0 spiro atoms. The van der Waals surface area contributed by atoms with Crippen LogP contribution in [0.1, 0.15) is 22.3 Å². The summed E-state index contributed by atoms with van der Waals surface area (Å²) in [6, 6.07) is 12.1. The van der Waals surface area contributed by atoms with E-state index in [1.54, 1.807) is 31.3 Å². The van der Waals surface area contributed by atoms with Crippen LogP contribution < -0.4 is 10.6 Å². The van der Waals surface area contributed by atoms with Crippen molar-refractivity contribution in [3.63, 3.8) is 0 Å². The Morgan fingerprint density at radius 1 is 1.04 bits per heavy atom. The molecule has 23 heavy (non-hydrogen) atoms. The second-order valence-electron chi connectivity index (χ2n) is 4.91. The van der Waals surface area contributed by atoms with E-state index in [-0.39, 0.29) is 18.2 Å². The minimum Gasteiger partial charge on any atom is -0.355 e. The van der Waals surface area contributed by atoms with Gasteiger partial charge in [0.2, 0.25) is 5.91 Å². The Kier molecular flexibility index (Phi) is 6.02. The molecule has 0 aliphatic carbocycles. The molecule has 0 radical (unpaired) electrons. The molecule has 4 nitrogen and oxygen atoms in total. The van der Waals surface area contributed by atoms with Gasteiger partial charge >= 0.3 is 0 Å². The first kappa shape index (κ1) is 17.3. The van der Waals surface area contributed by atoms with E-state index in [0.29, 0.717) is 27.7 Å². The van der Waals surface area contributed by atoms with Crippen molar-refractivity contribution in [2.24, 2.45) is 0 Å². The fraction of sp³-hybridized carbons (Fsp3) is 0.176. The van der Waals surface area contributed by atoms with Gasteiger partial charge in [-0.3, -0.25) is 9.59 Å². The number of hydrogen-bond donors (Lipinski definition) is 2. The quantitative estimate of drug-likeness (QED) is 0.858. The number of benzene rings is 2. The van der Waals surface area contributed by atoms with Crippen molar-refractivity contribution in [3.05, 3.63) is 63.6 Å². The maximum absolute atomic E-state index is 12.1. The van der Waals surface area contributed by atoms with Crippen molar-refractivity contribution in [1.82, 2.24) is 5.32 Å². The standard InChI is InChI=1S/C17H16Cl2N2O2/c1-20-17(23)12-6-8-14(19)15(10-12)21-16(22)9-7-11-4-2-3-5-13(11)18/h2-6,8,10H,7,9H2,1H3,(H,20,23)(H,21,22). The molecule has 6 heteroatoms. The third-order valence-corrected chi connectivity index (χ3v) is 4.01. The van der Waals surface area contributed by atoms with Gasteiger partial charge in [-0.25, -0.2) is 0 Å². The average Bonchev–Trinajstić information content (AvgIpc) is 2.55. The fourth-order valence-corrected chi connectivity index (χ4v) is 2.46. The van der Waals surface area contributed by atoms with Gasteiger partial charge < -0.3 is 10.6 Å². The minimum atomic E-state index is -0.242. The van der Waals surface area contributed by atoms with Crippen LogP contribution in [0.4, 0.5) is 5.69 Å². The van der Waals surface area contributed by atoms with Crippen LogP contribution in [-0.4, -0.2) is 18.9 Å². The first-order valence-corrected chi connectivity index (χ1v) is 7.81. The van der Waals surface area contributed by atoms with Crippen molar-refractivity contribution in [2.75, 3.05) is 12.4 Å². The maximum atomic E-state index is 12.1. The Labute approximate surface area is 144 Å². The first-order chi connectivity index (χ1) is 11.0. The first-order valence-electron chi connectivity index (χ1n) is 7.06. The molecule has 2 aromatic carbocycles. The topological polar surface area (TPSA) is 58.2 Å². The van der Waals surface area contributed by atoms with E-state index in [9.17, 15) is 9.59 Å². The zero-order valence-electron chi connectivity index (χ0n) is 12.5. The third kappa shape index (κ3) is 4.71. The molecule has 120 valence electrons. The van der Waals surface area contributed by atoms with Gasteiger partial charge in [0.1, 0.15) is 0 Å². The minimum absolute atomic E-state index is 0.194. The second-order valence-corrected chi connectivity index (χ2v) is 5.73. The van der Waals surface area contributed by atoms with E-state index in [1.807, 2.05) is 18.2 Å². The number of nitrogens with one attached hydrogen (secondary N) is 2. The smallest absolute Gasteiger partial charge is 0.251 e. The highest BCUT2D eigenvalue weighted by Gasteiger charge is 2.11. The molecule has 0 heterocycles. The lowest BCUT2D eigenvalue weighted by Crippen LogP contribution is -2.18. The van der Waals surface area contributed by atoms with Gasteiger partial charge in [0.05, 0.1) is 10.7 Å². The fourth-order valence-electron chi connectivity index (χ4n) is 2.07. The molecular weight excluding hydrogens is 335 g/mol. The predicted molar refractivity (Wildman–Crippen MR) is 93.2 cm³/mol. The van der Waals surface area contributed by atoms with Gasteiger partial charge in [0.15, 0.2) is 0 Å². The number of anilines is 1. The largest absolute Gasteiger partial charge is 0.355 e. The summed E-state index contributed by atoms with van der Waals surface area (Å²) in [7, 11) is 1.54. The molecule has 2 N–H and O–H groups in total. The van der Waals surface area contributed by atoms with Crippen LogP contribution in [-0.2, 0) is 11.2 Å². The number of rotatable bonds is 5. The number of carbonyl (C=O) groups excluding carboxylic acids is 2. The van der Waals surface area contributed by atoms with E-state index in [4.69, 9.17) is 23.2 Å². The zero-order chi connectivity index (χ0) is 16.8. The van der Waals surface area contributed by atoms with Gasteiger partial charge in [-0.05, 0) is 36.2 Å². The van der Waals surface area contributed by atoms with Gasteiger partial charge in [-0.15, -0.1) is 0 Å². The molecule has 0 aliphatic heterocycles. The van der Waals surface area contributed by atoms with Crippen molar-refractivity contribution in [2.45, 2.75) is 12.8 Å². The SMILES string of the molecule is CNC(=O)c1ccc(Cl)c(NC(=O)CCc2ccccc2Cl)c1. The van der Waals surface area contributed by atoms with E-state index in [1.165, 1.54) is 0 Å². The predicted octanol–water partition coefficient (Wildman–Crippen LogP) is 3.92. The number of carbonyl (C=O) groups is 2. The molecule has 0 fully saturated rings. The van der Waals surface area contributed by atoms with E-state index in [2.05, 4.69) is 10.6 Å². The van der Waals surface area contributed by atoms with E-state index < -0.39 is 0 Å². The summed E-state index contributed by atoms with van der Waals surface area (Å²) in [4.78, 5) is 23.7. The molecule has 0 atom stereocenters. The molecule has 2 amide bonds. The van der Waals surface area contributed by atoms with Gasteiger partial charge in [-0.2, -0.15) is 0 Å². The highest BCUT2D eigenvalue weighted by atomic mass is 35.5. The summed E-state index contributed by atoms with van der Waals surface area (Å²) in [5, 5.41) is 6.27. The van der Waals surface area contributed by atoms with Crippen LogP contribution in [0.3, 0.4) is 0 Å². The average molecular weight is 351 g/mol. The highest BCUT2D eigenvalue weighted by molar-refractivity contribution is 6.34. The van der Waals surface area contributed by atoms with Crippen LogP contribution in [0.5, 0.6) is 0 Å². The van der Waals surface area contributed by atoms with E-state index in [0.717, 1.165) is 5.56 Å². The maximum Gasteiger partial charge on any atom is 0.251 e. The summed E-state index contributed by atoms with van der Waals surface area (Å²) in [5.41, 5.74) is 1.75. The summed E-state index contributed by atoms with van der Waals surface area (Å²) in [6.45, 7) is 0. The van der Waals surface area contributed by atoms with E-state index >= 15 is 0 Å². The Bertz CT molecular complexity index is 732. The van der Waals surface area contributed by atoms with Crippen LogP contribution in [0.15, 0.2) is 42.5 Å². The number of halogens is 2. The lowest BCUT2D eigenvalue weighted by molar-refractivity contribution is -0.116. The number of hydrogen-bond acceptors (Lipinski definition) is 2. The summed E-state index contributed by atoms with van der Waals surface area (Å²) >= 11 is 12.1. The van der Waals surface area contributed by atoms with Crippen LogP contribution in [0, 0.1) is 0 Å². The Hall–Kier alpha value is -2.04. The van der Waals surface area contributed by atoms with Crippen molar-refractivity contribution in [1.29, 1.82) is 0 Å². The monoisotopic (exact) mass is 350 g/mol. The number of aryl methyl sites for hydroxylation is 1. The molecule has 0 saturated carbocycles. The molecular formula is C17H16Cl2N2O2. The van der Waals surface area contributed by atoms with Crippen molar-refractivity contribution < 1.29 is 9.59 Å². The Morgan fingerprint density at radius 2 is 1.78 bits per heavy atom. The Balaban J connectivity index is 2.02. The lowest BCUT2D eigenvalue weighted by atomic mass is 10.1. The molecule has 0 bridgehead atoms. The highest BCUT2D eigenvalue weighted by Crippen LogP contribution is 2.24. The van der Waals surface area contributed by atoms with Crippen molar-refractivity contribution >= 4 is 40.7 Å². The summed E-state index contributed by atoms with van der Waals surface area (Å²) < 4.78 is 0. The van der Waals surface area contributed by atoms with Crippen molar-refractivity contribution in [3.8, 4) is 0 Å². The zero-order valence-corrected chi connectivity index (χ0v) is 14.0. The van der Waals surface area contributed by atoms with Crippen LogP contribution >= 0.6 is 23.2 Å². The third-order valence-electron chi connectivity index (χ3n) is 3.31. The van der Waals surface area contributed by atoms with Crippen LogP contribution in [0.25, 0.3) is 0 Å². The molecule has 0 unspecified atom stereocenters.